The second-order valence-electron chi connectivity index (χ2n) is 4.49. The summed E-state index contributed by atoms with van der Waals surface area (Å²) in [4.78, 5) is 36.0. The molecule has 0 fully saturated rings. The monoisotopic (exact) mass is 421 g/mol. The third-order valence-corrected chi connectivity index (χ3v) is 1.11. The molecule has 0 atom stereocenters. The Morgan fingerprint density at radius 1 is 0.607 bits per heavy atom. The van der Waals surface area contributed by atoms with E-state index in [0.717, 1.165) is 27.7 Å². The number of aliphatic carboxylic acids is 4. The van der Waals surface area contributed by atoms with Gasteiger partial charge in [-0.05, 0) is 0 Å². The highest BCUT2D eigenvalue weighted by molar-refractivity contribution is 5.63. The molecule has 13 N–H and O–H groups in total. The fraction of sp³-hybridized carbons (Fsp3) is 0.714. The summed E-state index contributed by atoms with van der Waals surface area (Å²) in [6.07, 6.45) is 0. The summed E-state index contributed by atoms with van der Waals surface area (Å²) in [5.74, 6) is -3.33. The standard InChI is InChI=1S/C4H11NO3.C2H8N2.4C2H4O2/c5-4(1-6,2-7)3-8;3-1-2-4;4*1-2(3)4/h6-8H,1-3,5H2;1-4H2;4*1H3,(H,3,4). The zero-order chi connectivity index (χ0) is 24.3. The van der Waals surface area contributed by atoms with Crippen molar-refractivity contribution >= 4 is 23.9 Å². The molecule has 0 spiro atoms. The van der Waals surface area contributed by atoms with Gasteiger partial charge in [0.15, 0.2) is 0 Å². The molecule has 0 aromatic carbocycles. The van der Waals surface area contributed by atoms with E-state index in [-0.39, 0.29) is 0 Å². The average Bonchev–Trinajstić information content (AvgIpc) is 2.52. The van der Waals surface area contributed by atoms with Gasteiger partial charge in [0.2, 0.25) is 0 Å². The van der Waals surface area contributed by atoms with Crippen LogP contribution in [0.25, 0.3) is 0 Å². The summed E-state index contributed by atoms with van der Waals surface area (Å²) < 4.78 is 0. The predicted molar refractivity (Wildman–Crippen MR) is 99.5 cm³/mol. The lowest BCUT2D eigenvalue weighted by Gasteiger charge is -2.20. The molecule has 0 unspecified atom stereocenters. The van der Waals surface area contributed by atoms with Crippen molar-refractivity contribution in [1.82, 2.24) is 0 Å². The Kier molecular flexibility index (Phi) is 46.6. The molecule has 14 heteroatoms. The second-order valence-corrected chi connectivity index (χ2v) is 4.49. The number of hydrogen-bond donors (Lipinski definition) is 10. The smallest absolute Gasteiger partial charge is 0.300 e. The molecule has 0 amide bonds. The molecule has 0 heterocycles. The molecule has 0 radical (unpaired) electrons. The quantitative estimate of drug-likeness (QED) is 0.215. The van der Waals surface area contributed by atoms with Crippen molar-refractivity contribution in [2.45, 2.75) is 33.2 Å². The van der Waals surface area contributed by atoms with E-state index >= 15 is 0 Å². The minimum absolute atomic E-state index is 0.403. The summed E-state index contributed by atoms with van der Waals surface area (Å²) in [7, 11) is 0. The van der Waals surface area contributed by atoms with Crippen LogP contribution in [-0.4, -0.2) is 98.1 Å². The van der Waals surface area contributed by atoms with Gasteiger partial charge < -0.3 is 52.9 Å². The molecule has 0 aromatic rings. The van der Waals surface area contributed by atoms with Gasteiger partial charge in [0.05, 0.1) is 25.4 Å². The van der Waals surface area contributed by atoms with Crippen LogP contribution in [0.3, 0.4) is 0 Å². The Morgan fingerprint density at radius 3 is 0.714 bits per heavy atom. The van der Waals surface area contributed by atoms with E-state index in [4.69, 9.17) is 72.1 Å². The molecule has 0 aliphatic carbocycles. The van der Waals surface area contributed by atoms with E-state index in [0.29, 0.717) is 13.1 Å². The first-order valence-corrected chi connectivity index (χ1v) is 7.33. The van der Waals surface area contributed by atoms with Crippen LogP contribution in [0.4, 0.5) is 0 Å². The highest BCUT2D eigenvalue weighted by Gasteiger charge is 2.20. The molecule has 0 aliphatic heterocycles. The normalized spacial score (nSPS) is 8.07. The zero-order valence-corrected chi connectivity index (χ0v) is 16.5. The Hall–Kier alpha value is -2.36. The summed E-state index contributed by atoms with van der Waals surface area (Å²) >= 11 is 0. The van der Waals surface area contributed by atoms with E-state index in [9.17, 15) is 0 Å². The second kappa shape index (κ2) is 32.3. The molecule has 172 valence electrons. The number of rotatable bonds is 4. The lowest BCUT2D eigenvalue weighted by molar-refractivity contribution is -0.135. The summed E-state index contributed by atoms with van der Waals surface area (Å²) in [6, 6.07) is 0. The fourth-order valence-corrected chi connectivity index (χ4v) is 0.150. The Balaban J connectivity index is -0.0000000536. The van der Waals surface area contributed by atoms with Crippen molar-refractivity contribution in [2.75, 3.05) is 32.9 Å². The Bertz CT molecular complexity index is 301. The van der Waals surface area contributed by atoms with Crippen LogP contribution in [-0.2, 0) is 19.2 Å². The summed E-state index contributed by atoms with van der Waals surface area (Å²) in [5, 5.41) is 54.7. The van der Waals surface area contributed by atoms with Gasteiger partial charge in [-0.3, -0.25) is 19.2 Å². The first-order valence-electron chi connectivity index (χ1n) is 7.33. The summed E-state index contributed by atoms with van der Waals surface area (Å²) in [5.41, 5.74) is 13.7. The van der Waals surface area contributed by atoms with Crippen molar-refractivity contribution in [1.29, 1.82) is 0 Å². The van der Waals surface area contributed by atoms with Gasteiger partial charge in [-0.1, -0.05) is 0 Å². The lowest BCUT2D eigenvalue weighted by atomic mass is 10.1. The number of aliphatic hydroxyl groups excluding tert-OH is 3. The lowest BCUT2D eigenvalue weighted by Crippen LogP contribution is -2.50. The molecule has 14 nitrogen and oxygen atoms in total. The van der Waals surface area contributed by atoms with E-state index in [1.54, 1.807) is 0 Å². The highest BCUT2D eigenvalue weighted by atomic mass is 16.4. The van der Waals surface area contributed by atoms with Gasteiger partial charge in [-0.15, -0.1) is 0 Å². The van der Waals surface area contributed by atoms with Crippen molar-refractivity contribution < 1.29 is 54.9 Å². The van der Waals surface area contributed by atoms with Crippen molar-refractivity contribution in [3.63, 3.8) is 0 Å². The van der Waals surface area contributed by atoms with Crippen LogP contribution in [0.2, 0.25) is 0 Å². The molecule has 28 heavy (non-hydrogen) atoms. The van der Waals surface area contributed by atoms with Gasteiger partial charge in [-0.25, -0.2) is 0 Å². The number of hydrogen-bond acceptors (Lipinski definition) is 10. The number of aliphatic hydroxyl groups is 3. The van der Waals surface area contributed by atoms with Crippen molar-refractivity contribution in [2.24, 2.45) is 17.2 Å². The molecule has 0 saturated carbocycles. The largest absolute Gasteiger partial charge is 0.481 e. The number of carbonyl (C=O) groups is 4. The van der Waals surface area contributed by atoms with Crippen LogP contribution < -0.4 is 17.2 Å². The third-order valence-electron chi connectivity index (χ3n) is 1.11. The van der Waals surface area contributed by atoms with E-state index in [2.05, 4.69) is 0 Å². The highest BCUT2D eigenvalue weighted by Crippen LogP contribution is 1.93. The van der Waals surface area contributed by atoms with Crippen molar-refractivity contribution in [3.8, 4) is 0 Å². The first-order chi connectivity index (χ1) is 12.5. The molecule has 0 aliphatic rings. The van der Waals surface area contributed by atoms with Gasteiger partial charge in [-0.2, -0.15) is 0 Å². The van der Waals surface area contributed by atoms with Crippen LogP contribution in [0, 0.1) is 0 Å². The number of nitrogens with two attached hydrogens (primary N) is 3. The van der Waals surface area contributed by atoms with Crippen LogP contribution in [0.15, 0.2) is 0 Å². The third kappa shape index (κ3) is 208. The van der Waals surface area contributed by atoms with Gasteiger partial charge >= 0.3 is 0 Å². The maximum Gasteiger partial charge on any atom is 0.300 e. The molecule has 0 rings (SSSR count). The van der Waals surface area contributed by atoms with Crippen LogP contribution >= 0.6 is 0 Å². The maximum atomic E-state index is 9.00. The average molecular weight is 421 g/mol. The van der Waals surface area contributed by atoms with Gasteiger partial charge in [0, 0.05) is 40.8 Å². The number of carboxylic acids is 4. The van der Waals surface area contributed by atoms with E-state index in [1.165, 1.54) is 0 Å². The molecule has 0 saturated heterocycles. The Labute approximate surface area is 163 Å². The topological polar surface area (TPSA) is 288 Å². The van der Waals surface area contributed by atoms with Gasteiger partial charge in [0.1, 0.15) is 0 Å². The maximum absolute atomic E-state index is 9.00. The Morgan fingerprint density at radius 2 is 0.714 bits per heavy atom. The molecule has 0 bridgehead atoms. The minimum atomic E-state index is -1.21. The SMILES string of the molecule is CC(=O)O.CC(=O)O.CC(=O)O.CC(=O)O.NC(CO)(CO)CO.NCCN. The van der Waals surface area contributed by atoms with E-state index < -0.39 is 49.2 Å². The molecule has 0 aromatic heterocycles. The fourth-order valence-electron chi connectivity index (χ4n) is 0.150. The zero-order valence-electron chi connectivity index (χ0n) is 16.5. The van der Waals surface area contributed by atoms with Gasteiger partial charge in [0.25, 0.3) is 23.9 Å². The first kappa shape index (κ1) is 40.4. The summed E-state index contributed by atoms with van der Waals surface area (Å²) in [6.45, 7) is 4.32. The van der Waals surface area contributed by atoms with Crippen molar-refractivity contribution in [3.05, 3.63) is 0 Å². The molecular weight excluding hydrogens is 386 g/mol. The predicted octanol–water partition coefficient (Wildman–Crippen LogP) is -3.07. The van der Waals surface area contributed by atoms with E-state index in [1.807, 2.05) is 0 Å². The van der Waals surface area contributed by atoms with Crippen LogP contribution in [0.5, 0.6) is 0 Å². The number of carboxylic acid groups (broad SMARTS) is 4. The minimum Gasteiger partial charge on any atom is -0.481 e. The molecular formula is C14H35N3O11. The van der Waals surface area contributed by atoms with Crippen LogP contribution in [0.1, 0.15) is 27.7 Å².